The van der Waals surface area contributed by atoms with Crippen LogP contribution in [0.2, 0.25) is 0 Å². The second kappa shape index (κ2) is 3.96. The molecule has 0 saturated heterocycles. The van der Waals surface area contributed by atoms with Crippen LogP contribution in [0.4, 0.5) is 0 Å². The first kappa shape index (κ1) is 13.2. The van der Waals surface area contributed by atoms with Crippen LogP contribution in [0.25, 0.3) is 0 Å². The molecule has 0 aromatic carbocycles. The number of aliphatic hydroxyl groups excluding tert-OH is 1. The van der Waals surface area contributed by atoms with E-state index in [-0.39, 0.29) is 6.10 Å². The highest BCUT2D eigenvalue weighted by Gasteiger charge is 2.61. The van der Waals surface area contributed by atoms with E-state index in [1.165, 1.54) is 51.4 Å². The van der Waals surface area contributed by atoms with Crippen LogP contribution < -0.4 is 0 Å². The molecule has 6 aliphatic rings. The summed E-state index contributed by atoms with van der Waals surface area (Å²) in [6.07, 6.45) is 13.3. The molecule has 5 saturated carbocycles. The van der Waals surface area contributed by atoms with E-state index in [9.17, 15) is 5.11 Å². The van der Waals surface area contributed by atoms with Gasteiger partial charge in [-0.25, -0.2) is 0 Å². The fraction of sp³-hybridized carbons (Fsp3) is 0.900. The van der Waals surface area contributed by atoms with Gasteiger partial charge in [0, 0.05) is 0 Å². The van der Waals surface area contributed by atoms with Crippen molar-refractivity contribution in [2.45, 2.75) is 71.3 Å². The first-order chi connectivity index (χ1) is 10.0. The van der Waals surface area contributed by atoms with E-state index in [4.69, 9.17) is 0 Å². The molecule has 2 unspecified atom stereocenters. The van der Waals surface area contributed by atoms with E-state index >= 15 is 0 Å². The van der Waals surface area contributed by atoms with Gasteiger partial charge in [0.25, 0.3) is 0 Å². The molecule has 0 aliphatic heterocycles. The normalized spacial score (nSPS) is 61.2. The maximum atomic E-state index is 10.7. The average molecular weight is 286 g/mol. The van der Waals surface area contributed by atoms with Crippen LogP contribution in [0.3, 0.4) is 0 Å². The van der Waals surface area contributed by atoms with Gasteiger partial charge in [-0.3, -0.25) is 0 Å². The van der Waals surface area contributed by atoms with E-state index < -0.39 is 0 Å². The van der Waals surface area contributed by atoms with Gasteiger partial charge in [0.1, 0.15) is 0 Å². The van der Waals surface area contributed by atoms with Crippen LogP contribution in [0.1, 0.15) is 65.2 Å². The Labute approximate surface area is 129 Å². The molecule has 7 bridgehead atoms. The number of hydrogen-bond acceptors (Lipinski definition) is 1. The third kappa shape index (κ3) is 1.47. The standard InChI is InChI=1S/C20H30O/c1-19-8-7-17-15-5-3-14-10-18(21)12(11-20(14,17)2)9-13(19)4-6-16(15)19/h10,12-13,15-18,21H,3-9,11H2,1-2H3/t12?,13?,15-,16-,17-,18-,19+,20-/m0/s1. The second-order valence-electron chi connectivity index (χ2n) is 9.53. The van der Waals surface area contributed by atoms with Gasteiger partial charge in [0.2, 0.25) is 0 Å². The van der Waals surface area contributed by atoms with E-state index in [2.05, 4.69) is 19.9 Å². The Morgan fingerprint density at radius 1 is 1.10 bits per heavy atom. The number of hydrogen-bond donors (Lipinski definition) is 1. The van der Waals surface area contributed by atoms with Crippen LogP contribution in [-0.2, 0) is 0 Å². The molecule has 6 rings (SSSR count). The van der Waals surface area contributed by atoms with Gasteiger partial charge in [-0.15, -0.1) is 0 Å². The van der Waals surface area contributed by atoms with Crippen molar-refractivity contribution in [1.82, 2.24) is 0 Å². The summed E-state index contributed by atoms with van der Waals surface area (Å²) in [5.41, 5.74) is 2.67. The molecule has 1 N–H and O–H groups in total. The van der Waals surface area contributed by atoms with Crippen molar-refractivity contribution in [2.24, 2.45) is 40.4 Å². The van der Waals surface area contributed by atoms with Gasteiger partial charge >= 0.3 is 0 Å². The molecule has 8 atom stereocenters. The molecule has 21 heavy (non-hydrogen) atoms. The molecule has 1 nitrogen and oxygen atoms in total. The quantitative estimate of drug-likeness (QED) is 0.647. The third-order valence-corrected chi connectivity index (χ3v) is 9.06. The molecular weight excluding hydrogens is 256 g/mol. The largest absolute Gasteiger partial charge is 0.389 e. The van der Waals surface area contributed by atoms with Gasteiger partial charge in [-0.05, 0) is 91.8 Å². The van der Waals surface area contributed by atoms with Crippen molar-refractivity contribution in [1.29, 1.82) is 0 Å². The van der Waals surface area contributed by atoms with E-state index in [0.717, 1.165) is 23.7 Å². The molecule has 6 aliphatic carbocycles. The summed E-state index contributed by atoms with van der Waals surface area (Å²) in [5.74, 6) is 4.34. The highest BCUT2D eigenvalue weighted by Crippen LogP contribution is 2.69. The van der Waals surface area contributed by atoms with Gasteiger partial charge in [0.05, 0.1) is 6.10 Å². The molecule has 0 aromatic rings. The van der Waals surface area contributed by atoms with E-state index in [1.807, 2.05) is 0 Å². The summed E-state index contributed by atoms with van der Waals surface area (Å²) in [4.78, 5) is 0. The summed E-state index contributed by atoms with van der Waals surface area (Å²) in [7, 11) is 0. The molecule has 116 valence electrons. The second-order valence-corrected chi connectivity index (χ2v) is 9.53. The number of allylic oxidation sites excluding steroid dienone is 1. The van der Waals surface area contributed by atoms with Crippen LogP contribution in [0.5, 0.6) is 0 Å². The maximum absolute atomic E-state index is 10.7. The number of rotatable bonds is 0. The summed E-state index contributed by atoms with van der Waals surface area (Å²) >= 11 is 0. The minimum absolute atomic E-state index is 0.148. The zero-order valence-corrected chi connectivity index (χ0v) is 13.6. The Morgan fingerprint density at radius 3 is 2.81 bits per heavy atom. The van der Waals surface area contributed by atoms with Crippen LogP contribution in [0, 0.1) is 40.4 Å². The van der Waals surface area contributed by atoms with Crippen molar-refractivity contribution >= 4 is 0 Å². The third-order valence-electron chi connectivity index (χ3n) is 9.06. The fourth-order valence-corrected chi connectivity index (χ4v) is 7.97. The molecule has 0 heterocycles. The lowest BCUT2D eigenvalue weighted by Gasteiger charge is -2.57. The lowest BCUT2D eigenvalue weighted by molar-refractivity contribution is -0.0439. The topological polar surface area (TPSA) is 20.2 Å². The summed E-state index contributed by atoms with van der Waals surface area (Å²) in [5, 5.41) is 10.7. The van der Waals surface area contributed by atoms with Gasteiger partial charge in [0.15, 0.2) is 0 Å². The first-order valence-corrected chi connectivity index (χ1v) is 9.41. The molecular formula is C20H30O. The minimum atomic E-state index is -0.148. The van der Waals surface area contributed by atoms with Crippen molar-refractivity contribution in [2.75, 3.05) is 0 Å². The van der Waals surface area contributed by atoms with Crippen LogP contribution in [-0.4, -0.2) is 11.2 Å². The van der Waals surface area contributed by atoms with E-state index in [0.29, 0.717) is 16.7 Å². The lowest BCUT2D eigenvalue weighted by atomic mass is 9.47. The van der Waals surface area contributed by atoms with Crippen molar-refractivity contribution in [3.8, 4) is 0 Å². The zero-order chi connectivity index (χ0) is 14.4. The predicted octanol–water partition coefficient (Wildman–Crippen LogP) is 4.56. The van der Waals surface area contributed by atoms with E-state index in [1.54, 1.807) is 5.57 Å². The van der Waals surface area contributed by atoms with Crippen LogP contribution >= 0.6 is 0 Å². The van der Waals surface area contributed by atoms with Gasteiger partial charge in [-0.2, -0.15) is 0 Å². The number of aliphatic hydroxyl groups is 1. The molecule has 5 fully saturated rings. The lowest BCUT2D eigenvalue weighted by Crippen LogP contribution is -2.50. The Hall–Kier alpha value is -0.300. The molecule has 0 amide bonds. The summed E-state index contributed by atoms with van der Waals surface area (Å²) in [6.45, 7) is 5.19. The Balaban J connectivity index is 1.71. The molecule has 0 radical (unpaired) electrons. The van der Waals surface area contributed by atoms with Crippen molar-refractivity contribution in [3.05, 3.63) is 11.6 Å². The van der Waals surface area contributed by atoms with Gasteiger partial charge in [-0.1, -0.05) is 25.5 Å². The molecule has 0 spiro atoms. The zero-order valence-electron chi connectivity index (χ0n) is 13.6. The summed E-state index contributed by atoms with van der Waals surface area (Å²) in [6, 6.07) is 0. The van der Waals surface area contributed by atoms with Crippen LogP contribution in [0.15, 0.2) is 11.6 Å². The smallest absolute Gasteiger partial charge is 0.0752 e. The average Bonchev–Trinajstić information content (AvgIpc) is 2.78. The monoisotopic (exact) mass is 286 g/mol. The predicted molar refractivity (Wildman–Crippen MR) is 84.7 cm³/mol. The molecule has 1 heteroatoms. The highest BCUT2D eigenvalue weighted by atomic mass is 16.3. The maximum Gasteiger partial charge on any atom is 0.0752 e. The molecule has 0 aromatic heterocycles. The Morgan fingerprint density at radius 2 is 1.95 bits per heavy atom. The highest BCUT2D eigenvalue weighted by molar-refractivity contribution is 5.27. The number of fused-ring (bicyclic) bond motifs is 1. The fourth-order valence-electron chi connectivity index (χ4n) is 7.97. The summed E-state index contributed by atoms with van der Waals surface area (Å²) < 4.78 is 0. The first-order valence-electron chi connectivity index (χ1n) is 9.41. The minimum Gasteiger partial charge on any atom is -0.389 e. The van der Waals surface area contributed by atoms with Crippen molar-refractivity contribution < 1.29 is 5.11 Å². The SMILES string of the molecule is C[C@]12CC3CC4CC[C@H]5[C@H](CCC1=C[C@@H]3O)[C@@H]2CC[C@]45C. The van der Waals surface area contributed by atoms with Crippen molar-refractivity contribution in [3.63, 3.8) is 0 Å². The Bertz CT molecular complexity index is 508. The Kier molecular flexibility index (Phi) is 2.48. The van der Waals surface area contributed by atoms with Gasteiger partial charge < -0.3 is 5.11 Å².